The van der Waals surface area contributed by atoms with E-state index >= 15 is 0 Å². The first-order valence-corrected chi connectivity index (χ1v) is 6.23. The molecule has 1 heterocycles. The van der Waals surface area contributed by atoms with E-state index in [1.165, 1.54) is 6.20 Å². The van der Waals surface area contributed by atoms with Gasteiger partial charge in [-0.05, 0) is 31.5 Å². The van der Waals surface area contributed by atoms with Gasteiger partial charge in [-0.3, -0.25) is 10.8 Å². The van der Waals surface area contributed by atoms with E-state index in [0.29, 0.717) is 17.0 Å². The number of fused-ring (bicyclic) bond motifs is 1. The van der Waals surface area contributed by atoms with Gasteiger partial charge in [0.15, 0.2) is 0 Å². The SMILES string of the molecule is CCOC(=O)c1cnc2c(C)cc(OC)cc2c1NN. The first kappa shape index (κ1) is 14.1. The Morgan fingerprint density at radius 1 is 1.45 bits per heavy atom. The summed E-state index contributed by atoms with van der Waals surface area (Å²) >= 11 is 0. The summed E-state index contributed by atoms with van der Waals surface area (Å²) in [4.78, 5) is 16.2. The summed E-state index contributed by atoms with van der Waals surface area (Å²) in [6.45, 7) is 3.95. The fourth-order valence-corrected chi connectivity index (χ4v) is 2.08. The van der Waals surface area contributed by atoms with Crippen LogP contribution in [0.2, 0.25) is 0 Å². The molecule has 1 aromatic carbocycles. The Bertz CT molecular complexity index is 656. The quantitative estimate of drug-likeness (QED) is 0.504. The minimum Gasteiger partial charge on any atom is -0.497 e. The van der Waals surface area contributed by atoms with Crippen LogP contribution in [0.15, 0.2) is 18.3 Å². The van der Waals surface area contributed by atoms with Crippen molar-refractivity contribution in [3.8, 4) is 5.75 Å². The number of benzene rings is 1. The maximum atomic E-state index is 11.9. The van der Waals surface area contributed by atoms with Gasteiger partial charge in [0.05, 0.1) is 24.9 Å². The van der Waals surface area contributed by atoms with Crippen molar-refractivity contribution in [3.63, 3.8) is 0 Å². The molecular weight excluding hydrogens is 258 g/mol. The third-order valence-corrected chi connectivity index (χ3v) is 3.01. The zero-order valence-corrected chi connectivity index (χ0v) is 11.7. The minimum absolute atomic E-state index is 0.290. The predicted octanol–water partition coefficient (Wildman–Crippen LogP) is 2.01. The smallest absolute Gasteiger partial charge is 0.341 e. The number of nitrogen functional groups attached to an aromatic ring is 1. The number of rotatable bonds is 4. The average Bonchev–Trinajstić information content (AvgIpc) is 2.45. The number of hydrogen-bond acceptors (Lipinski definition) is 6. The normalized spacial score (nSPS) is 10.4. The number of nitrogens with two attached hydrogens (primary N) is 1. The molecule has 0 spiro atoms. The van der Waals surface area contributed by atoms with Crippen molar-refractivity contribution in [2.24, 2.45) is 5.84 Å². The number of nitrogens with one attached hydrogen (secondary N) is 1. The van der Waals surface area contributed by atoms with Crippen LogP contribution in [0.1, 0.15) is 22.8 Å². The number of aryl methyl sites for hydroxylation is 1. The van der Waals surface area contributed by atoms with Gasteiger partial charge in [-0.2, -0.15) is 0 Å². The Hall–Kier alpha value is -2.34. The standard InChI is InChI=1S/C14H17N3O3/c1-4-20-14(18)11-7-16-12-8(2)5-9(19-3)6-10(12)13(11)17-15/h5-7H,4,15H2,1-3H3,(H,16,17). The fourth-order valence-electron chi connectivity index (χ4n) is 2.08. The highest BCUT2D eigenvalue weighted by molar-refractivity contribution is 6.05. The maximum Gasteiger partial charge on any atom is 0.341 e. The second-order valence-corrected chi connectivity index (χ2v) is 4.25. The molecule has 0 saturated carbocycles. The Morgan fingerprint density at radius 3 is 2.80 bits per heavy atom. The van der Waals surface area contributed by atoms with Gasteiger partial charge in [0, 0.05) is 11.6 Å². The lowest BCUT2D eigenvalue weighted by Crippen LogP contribution is -2.15. The number of anilines is 1. The molecule has 20 heavy (non-hydrogen) atoms. The number of carbonyl (C=O) groups excluding carboxylic acids is 1. The number of esters is 1. The number of pyridine rings is 1. The largest absolute Gasteiger partial charge is 0.497 e. The topological polar surface area (TPSA) is 86.5 Å². The van der Waals surface area contributed by atoms with E-state index in [0.717, 1.165) is 16.5 Å². The molecule has 106 valence electrons. The number of hydrazine groups is 1. The number of methoxy groups -OCH3 is 1. The van der Waals surface area contributed by atoms with Gasteiger partial charge in [-0.1, -0.05) is 0 Å². The predicted molar refractivity (Wildman–Crippen MR) is 76.8 cm³/mol. The monoisotopic (exact) mass is 275 g/mol. The first-order chi connectivity index (χ1) is 9.62. The molecule has 0 radical (unpaired) electrons. The number of carbonyl (C=O) groups is 1. The zero-order chi connectivity index (χ0) is 14.7. The molecule has 6 heteroatoms. The lowest BCUT2D eigenvalue weighted by molar-refractivity contribution is 0.0527. The van der Waals surface area contributed by atoms with Crippen LogP contribution >= 0.6 is 0 Å². The second-order valence-electron chi connectivity index (χ2n) is 4.25. The number of nitrogens with zero attached hydrogens (tertiary/aromatic N) is 1. The van der Waals surface area contributed by atoms with Crippen molar-refractivity contribution < 1.29 is 14.3 Å². The Balaban J connectivity index is 2.71. The molecular formula is C14H17N3O3. The lowest BCUT2D eigenvalue weighted by atomic mass is 10.1. The van der Waals surface area contributed by atoms with Crippen LogP contribution in [0.25, 0.3) is 10.9 Å². The molecule has 0 bridgehead atoms. The molecule has 1 aromatic heterocycles. The summed E-state index contributed by atoms with van der Waals surface area (Å²) in [5.74, 6) is 5.78. The van der Waals surface area contributed by atoms with Gasteiger partial charge in [0.25, 0.3) is 0 Å². The van der Waals surface area contributed by atoms with Crippen molar-refractivity contribution in [1.82, 2.24) is 4.98 Å². The molecule has 0 amide bonds. The maximum absolute atomic E-state index is 11.9. The van der Waals surface area contributed by atoms with Gasteiger partial charge >= 0.3 is 5.97 Å². The highest BCUT2D eigenvalue weighted by Crippen LogP contribution is 2.31. The molecule has 0 atom stereocenters. The van der Waals surface area contributed by atoms with Gasteiger partial charge in [-0.25, -0.2) is 4.79 Å². The molecule has 2 rings (SSSR count). The second kappa shape index (κ2) is 5.75. The summed E-state index contributed by atoms with van der Waals surface area (Å²) in [7, 11) is 1.58. The van der Waals surface area contributed by atoms with Crippen LogP contribution in [0.5, 0.6) is 5.75 Å². The number of aromatic nitrogens is 1. The van der Waals surface area contributed by atoms with Gasteiger partial charge in [0.1, 0.15) is 11.3 Å². The van der Waals surface area contributed by atoms with E-state index in [4.69, 9.17) is 15.3 Å². The minimum atomic E-state index is -0.463. The van der Waals surface area contributed by atoms with Crippen LogP contribution in [-0.4, -0.2) is 24.7 Å². The zero-order valence-electron chi connectivity index (χ0n) is 11.7. The fraction of sp³-hybridized carbons (Fsp3) is 0.286. The summed E-state index contributed by atoms with van der Waals surface area (Å²) in [6.07, 6.45) is 1.47. The summed E-state index contributed by atoms with van der Waals surface area (Å²) < 4.78 is 10.2. The van der Waals surface area contributed by atoms with Crippen LogP contribution in [0.3, 0.4) is 0 Å². The van der Waals surface area contributed by atoms with Crippen molar-refractivity contribution >= 4 is 22.6 Å². The van der Waals surface area contributed by atoms with Gasteiger partial charge in [-0.15, -0.1) is 0 Å². The van der Waals surface area contributed by atoms with E-state index in [2.05, 4.69) is 10.4 Å². The summed E-state index contributed by atoms with van der Waals surface area (Å²) in [5.41, 5.74) is 5.04. The Morgan fingerprint density at radius 2 is 2.20 bits per heavy atom. The number of hydrogen-bond donors (Lipinski definition) is 2. The third-order valence-electron chi connectivity index (χ3n) is 3.01. The van der Waals surface area contributed by atoms with Crippen LogP contribution < -0.4 is 16.0 Å². The van der Waals surface area contributed by atoms with Gasteiger partial charge in [0.2, 0.25) is 0 Å². The summed E-state index contributed by atoms with van der Waals surface area (Å²) in [6, 6.07) is 3.66. The van der Waals surface area contributed by atoms with Crippen molar-refractivity contribution in [2.45, 2.75) is 13.8 Å². The van der Waals surface area contributed by atoms with E-state index in [1.807, 2.05) is 13.0 Å². The average molecular weight is 275 g/mol. The highest BCUT2D eigenvalue weighted by Gasteiger charge is 2.17. The molecule has 6 nitrogen and oxygen atoms in total. The molecule has 0 aliphatic heterocycles. The molecule has 0 aliphatic rings. The molecule has 3 N–H and O–H groups in total. The first-order valence-electron chi connectivity index (χ1n) is 6.23. The van der Waals surface area contributed by atoms with Crippen molar-refractivity contribution in [2.75, 3.05) is 19.1 Å². The molecule has 0 fully saturated rings. The third kappa shape index (κ3) is 2.37. The van der Waals surface area contributed by atoms with Crippen molar-refractivity contribution in [1.29, 1.82) is 0 Å². The Kier molecular flexibility index (Phi) is 4.05. The number of ether oxygens (including phenoxy) is 2. The molecule has 0 saturated heterocycles. The van der Waals surface area contributed by atoms with Crippen LogP contribution in [0.4, 0.5) is 5.69 Å². The Labute approximate surface area is 116 Å². The molecule has 0 aliphatic carbocycles. The van der Waals surface area contributed by atoms with E-state index < -0.39 is 5.97 Å². The van der Waals surface area contributed by atoms with Crippen molar-refractivity contribution in [3.05, 3.63) is 29.5 Å². The van der Waals surface area contributed by atoms with Gasteiger partial charge < -0.3 is 14.9 Å². The summed E-state index contributed by atoms with van der Waals surface area (Å²) in [5, 5.41) is 0.718. The van der Waals surface area contributed by atoms with E-state index in [1.54, 1.807) is 20.1 Å². The lowest BCUT2D eigenvalue weighted by Gasteiger charge is -2.13. The van der Waals surface area contributed by atoms with E-state index in [-0.39, 0.29) is 6.61 Å². The van der Waals surface area contributed by atoms with Crippen LogP contribution in [-0.2, 0) is 4.74 Å². The highest BCUT2D eigenvalue weighted by atomic mass is 16.5. The van der Waals surface area contributed by atoms with E-state index in [9.17, 15) is 4.79 Å². The molecule has 0 unspecified atom stereocenters. The molecule has 2 aromatic rings. The van der Waals surface area contributed by atoms with Crippen LogP contribution in [0, 0.1) is 6.92 Å².